The molecule has 0 aliphatic heterocycles. The van der Waals surface area contributed by atoms with Gasteiger partial charge in [-0.15, -0.1) is 0 Å². The van der Waals surface area contributed by atoms with Gasteiger partial charge in [-0.3, -0.25) is 4.79 Å². The van der Waals surface area contributed by atoms with Crippen LogP contribution in [-0.2, 0) is 0 Å². The second-order valence-electron chi connectivity index (χ2n) is 3.13. The second kappa shape index (κ2) is 6.09. The molecule has 1 aromatic rings. The molecule has 0 N–H and O–H groups in total. The van der Waals surface area contributed by atoms with Crippen LogP contribution in [0.2, 0.25) is 5.15 Å². The Morgan fingerprint density at radius 2 is 2.44 bits per heavy atom. The summed E-state index contributed by atoms with van der Waals surface area (Å²) in [7, 11) is 0. The molecule has 0 aliphatic rings. The largest absolute Gasteiger partial charge is 0.338 e. The number of hydrogen-bond donors (Lipinski definition) is 0. The van der Waals surface area contributed by atoms with Gasteiger partial charge in [-0.2, -0.15) is 5.26 Å². The average Bonchev–Trinajstić information content (AvgIpc) is 2.30. The van der Waals surface area contributed by atoms with Gasteiger partial charge >= 0.3 is 0 Å². The van der Waals surface area contributed by atoms with E-state index in [1.165, 1.54) is 6.20 Å². The van der Waals surface area contributed by atoms with Crippen LogP contribution < -0.4 is 0 Å². The first-order chi connectivity index (χ1) is 7.70. The minimum absolute atomic E-state index is 0.184. The van der Waals surface area contributed by atoms with Crippen molar-refractivity contribution in [1.82, 2.24) is 9.88 Å². The zero-order valence-electron chi connectivity index (χ0n) is 8.98. The van der Waals surface area contributed by atoms with Crippen molar-refractivity contribution in [2.75, 3.05) is 13.1 Å². The van der Waals surface area contributed by atoms with Gasteiger partial charge in [0.2, 0.25) is 0 Å². The highest BCUT2D eigenvalue weighted by Crippen LogP contribution is 2.14. The predicted octanol–water partition coefficient (Wildman–Crippen LogP) is 2.11. The predicted molar refractivity (Wildman–Crippen MR) is 61.1 cm³/mol. The van der Waals surface area contributed by atoms with E-state index in [4.69, 9.17) is 16.9 Å². The Balaban J connectivity index is 2.84. The van der Waals surface area contributed by atoms with Crippen LogP contribution in [0, 0.1) is 11.3 Å². The summed E-state index contributed by atoms with van der Waals surface area (Å²) in [6, 6.07) is 5.31. The summed E-state index contributed by atoms with van der Waals surface area (Å²) in [6.07, 6.45) is 1.85. The van der Waals surface area contributed by atoms with E-state index in [0.717, 1.165) is 0 Å². The lowest BCUT2D eigenvalue weighted by Gasteiger charge is -2.19. The Labute approximate surface area is 99.5 Å². The van der Waals surface area contributed by atoms with Crippen LogP contribution in [0.15, 0.2) is 18.3 Å². The van der Waals surface area contributed by atoms with Gasteiger partial charge in [0, 0.05) is 19.3 Å². The summed E-state index contributed by atoms with van der Waals surface area (Å²) < 4.78 is 0. The summed E-state index contributed by atoms with van der Waals surface area (Å²) in [5, 5.41) is 8.69. The number of nitriles is 1. The van der Waals surface area contributed by atoms with E-state index in [-0.39, 0.29) is 11.1 Å². The molecule has 0 aliphatic carbocycles. The van der Waals surface area contributed by atoms with Crippen molar-refractivity contribution >= 4 is 17.5 Å². The Morgan fingerprint density at radius 3 is 3.00 bits per heavy atom. The van der Waals surface area contributed by atoms with E-state index >= 15 is 0 Å². The number of nitrogens with zero attached hydrogens (tertiary/aromatic N) is 3. The third kappa shape index (κ3) is 2.94. The van der Waals surface area contributed by atoms with Gasteiger partial charge in [0.25, 0.3) is 5.91 Å². The first-order valence-corrected chi connectivity index (χ1v) is 5.35. The molecular formula is C11H12ClN3O. The maximum Gasteiger partial charge on any atom is 0.257 e. The van der Waals surface area contributed by atoms with Crippen LogP contribution in [0.25, 0.3) is 0 Å². The van der Waals surface area contributed by atoms with E-state index in [1.807, 2.05) is 13.0 Å². The lowest BCUT2D eigenvalue weighted by atomic mass is 10.2. The minimum atomic E-state index is -0.184. The van der Waals surface area contributed by atoms with Gasteiger partial charge < -0.3 is 4.90 Å². The van der Waals surface area contributed by atoms with Crippen LogP contribution in [0.3, 0.4) is 0 Å². The standard InChI is InChI=1S/C11H12ClN3O/c1-2-15(8-4-6-13)11(16)9-5-3-7-14-10(9)12/h3,5,7H,2,4,8H2,1H3. The third-order valence-electron chi connectivity index (χ3n) is 2.15. The molecule has 5 heteroatoms. The molecule has 1 rings (SSSR count). The maximum absolute atomic E-state index is 12.0. The highest BCUT2D eigenvalue weighted by atomic mass is 35.5. The van der Waals surface area contributed by atoms with E-state index in [0.29, 0.717) is 25.1 Å². The first-order valence-electron chi connectivity index (χ1n) is 4.97. The van der Waals surface area contributed by atoms with Gasteiger partial charge in [0.05, 0.1) is 18.1 Å². The molecule has 0 fully saturated rings. The monoisotopic (exact) mass is 237 g/mol. The highest BCUT2D eigenvalue weighted by Gasteiger charge is 2.16. The summed E-state index contributed by atoms with van der Waals surface area (Å²) in [5.41, 5.74) is 0.379. The summed E-state index contributed by atoms with van der Waals surface area (Å²) in [5.74, 6) is -0.184. The normalized spacial score (nSPS) is 9.56. The van der Waals surface area contributed by atoms with Crippen LogP contribution >= 0.6 is 11.6 Å². The fourth-order valence-electron chi connectivity index (χ4n) is 1.30. The Morgan fingerprint density at radius 1 is 1.69 bits per heavy atom. The molecule has 4 nitrogen and oxygen atoms in total. The van der Waals surface area contributed by atoms with E-state index in [2.05, 4.69) is 4.98 Å². The lowest BCUT2D eigenvalue weighted by molar-refractivity contribution is 0.0767. The molecule has 0 radical (unpaired) electrons. The zero-order valence-corrected chi connectivity index (χ0v) is 9.74. The fraction of sp³-hybridized carbons (Fsp3) is 0.364. The molecule has 1 aromatic heterocycles. The fourth-order valence-corrected chi connectivity index (χ4v) is 1.50. The smallest absolute Gasteiger partial charge is 0.257 e. The molecular weight excluding hydrogens is 226 g/mol. The number of rotatable bonds is 4. The van der Waals surface area contributed by atoms with E-state index < -0.39 is 0 Å². The van der Waals surface area contributed by atoms with Crippen molar-refractivity contribution in [1.29, 1.82) is 5.26 Å². The van der Waals surface area contributed by atoms with E-state index in [9.17, 15) is 4.79 Å². The number of carbonyl (C=O) groups is 1. The molecule has 1 amide bonds. The van der Waals surface area contributed by atoms with Crippen molar-refractivity contribution in [2.24, 2.45) is 0 Å². The highest BCUT2D eigenvalue weighted by molar-refractivity contribution is 6.32. The number of carbonyl (C=O) groups excluding carboxylic acids is 1. The molecule has 16 heavy (non-hydrogen) atoms. The number of aromatic nitrogens is 1. The maximum atomic E-state index is 12.0. The summed E-state index contributed by atoms with van der Waals surface area (Å²) >= 11 is 5.83. The van der Waals surface area contributed by atoms with Crippen molar-refractivity contribution in [3.8, 4) is 6.07 Å². The SMILES string of the molecule is CCN(CCC#N)C(=O)c1cccnc1Cl. The lowest BCUT2D eigenvalue weighted by Crippen LogP contribution is -2.31. The van der Waals surface area contributed by atoms with Crippen molar-refractivity contribution < 1.29 is 4.79 Å². The number of pyridine rings is 1. The molecule has 0 saturated heterocycles. The molecule has 0 spiro atoms. The number of halogens is 1. The van der Waals surface area contributed by atoms with Gasteiger partial charge in [-0.25, -0.2) is 4.98 Å². The average molecular weight is 238 g/mol. The van der Waals surface area contributed by atoms with Gasteiger partial charge in [-0.1, -0.05) is 11.6 Å². The van der Waals surface area contributed by atoms with E-state index in [1.54, 1.807) is 17.0 Å². The van der Waals surface area contributed by atoms with Crippen LogP contribution in [0.4, 0.5) is 0 Å². The molecule has 0 atom stereocenters. The van der Waals surface area contributed by atoms with Crippen LogP contribution in [0.5, 0.6) is 0 Å². The van der Waals surface area contributed by atoms with Gasteiger partial charge in [-0.05, 0) is 19.1 Å². The molecule has 0 unspecified atom stereocenters. The minimum Gasteiger partial charge on any atom is -0.338 e. The number of amides is 1. The second-order valence-corrected chi connectivity index (χ2v) is 3.49. The Kier molecular flexibility index (Phi) is 4.74. The van der Waals surface area contributed by atoms with Crippen molar-refractivity contribution in [2.45, 2.75) is 13.3 Å². The van der Waals surface area contributed by atoms with Crippen LogP contribution in [-0.4, -0.2) is 28.9 Å². The zero-order chi connectivity index (χ0) is 12.0. The van der Waals surface area contributed by atoms with Crippen molar-refractivity contribution in [3.05, 3.63) is 29.0 Å². The molecule has 0 bridgehead atoms. The molecule has 0 aromatic carbocycles. The summed E-state index contributed by atoms with van der Waals surface area (Å²) in [4.78, 5) is 17.4. The van der Waals surface area contributed by atoms with Crippen molar-refractivity contribution in [3.63, 3.8) is 0 Å². The Hall–Kier alpha value is -1.60. The van der Waals surface area contributed by atoms with Gasteiger partial charge in [0.15, 0.2) is 0 Å². The molecule has 84 valence electrons. The first kappa shape index (κ1) is 12.5. The third-order valence-corrected chi connectivity index (χ3v) is 2.45. The topological polar surface area (TPSA) is 57.0 Å². The molecule has 1 heterocycles. The molecule has 0 saturated carbocycles. The number of hydrogen-bond acceptors (Lipinski definition) is 3. The quantitative estimate of drug-likeness (QED) is 0.754. The van der Waals surface area contributed by atoms with Gasteiger partial charge in [0.1, 0.15) is 5.15 Å². The Bertz CT molecular complexity index is 414. The van der Waals surface area contributed by atoms with Crippen LogP contribution in [0.1, 0.15) is 23.7 Å². The summed E-state index contributed by atoms with van der Waals surface area (Å²) in [6.45, 7) is 2.82.